The first-order chi connectivity index (χ1) is 13.0. The zero-order valence-electron chi connectivity index (χ0n) is 16.5. The molecular formula is C21H30ClN3O2. The van der Waals surface area contributed by atoms with E-state index in [1.807, 2.05) is 17.1 Å². The van der Waals surface area contributed by atoms with Gasteiger partial charge in [0.05, 0.1) is 5.38 Å². The van der Waals surface area contributed by atoms with E-state index in [2.05, 4.69) is 18.3 Å². The average Bonchev–Trinajstić information content (AvgIpc) is 2.86. The molecule has 1 N–H and O–H groups in total. The lowest BCUT2D eigenvalue weighted by Gasteiger charge is -2.31. The number of alkyl halides is 1. The molecule has 3 aliphatic rings. The van der Waals surface area contributed by atoms with Crippen molar-refractivity contribution in [1.29, 1.82) is 0 Å². The summed E-state index contributed by atoms with van der Waals surface area (Å²) in [5.41, 5.74) is 3.44. The Hall–Kier alpha value is -1.59. The molecule has 0 fully saturated rings. The smallest absolute Gasteiger partial charge is 0.219 e. The largest absolute Gasteiger partial charge is 0.356 e. The average molecular weight is 392 g/mol. The molecule has 0 radical (unpaired) electrons. The zero-order chi connectivity index (χ0) is 19.4. The molecule has 2 unspecified atom stereocenters. The van der Waals surface area contributed by atoms with Crippen LogP contribution < -0.4 is 5.32 Å². The van der Waals surface area contributed by atoms with Crippen LogP contribution in [0.1, 0.15) is 46.0 Å². The molecule has 0 spiro atoms. The number of carbonyl (C=O) groups excluding carboxylic acids is 1. The summed E-state index contributed by atoms with van der Waals surface area (Å²) in [6, 6.07) is 0. The molecule has 27 heavy (non-hydrogen) atoms. The number of carbonyl (C=O) groups is 1. The van der Waals surface area contributed by atoms with Gasteiger partial charge < -0.3 is 15.0 Å². The summed E-state index contributed by atoms with van der Waals surface area (Å²) < 4.78 is 5.74. The maximum atomic E-state index is 12.1. The number of amides is 1. The predicted molar refractivity (Wildman–Crippen MR) is 110 cm³/mol. The molecule has 6 heteroatoms. The normalized spacial score (nSPS) is 28.1. The summed E-state index contributed by atoms with van der Waals surface area (Å²) >= 11 is 6.17. The van der Waals surface area contributed by atoms with Gasteiger partial charge in [-0.05, 0) is 19.3 Å². The molecule has 3 rings (SSSR count). The van der Waals surface area contributed by atoms with E-state index in [9.17, 15) is 4.79 Å². The molecule has 1 amide bonds. The second-order valence-corrected chi connectivity index (χ2v) is 8.01. The fourth-order valence-corrected chi connectivity index (χ4v) is 4.14. The van der Waals surface area contributed by atoms with Crippen LogP contribution >= 0.6 is 11.6 Å². The standard InChI is InChI=1S/C21H30ClN3O2/c1-4-5-6-16-13-25(14(2)26)12-11-18-19(16)23-20(24-21(18)27-3)15-7-9-17(22)10-8-15/h7-9,16-17,21H,4-6,10-13H2,1-3H3,(H,23,24)/t16?,17?,21-/m0/s1. The van der Waals surface area contributed by atoms with Crippen LogP contribution in [0.2, 0.25) is 0 Å². The fourth-order valence-electron chi connectivity index (χ4n) is 3.98. The molecule has 3 atom stereocenters. The number of rotatable bonds is 5. The van der Waals surface area contributed by atoms with Crippen molar-refractivity contribution in [2.45, 2.75) is 57.6 Å². The van der Waals surface area contributed by atoms with E-state index < -0.39 is 0 Å². The summed E-state index contributed by atoms with van der Waals surface area (Å²) in [5, 5.41) is 3.66. The van der Waals surface area contributed by atoms with Crippen molar-refractivity contribution in [3.8, 4) is 0 Å². The summed E-state index contributed by atoms with van der Waals surface area (Å²) in [4.78, 5) is 18.8. The minimum atomic E-state index is -0.296. The van der Waals surface area contributed by atoms with Crippen LogP contribution in [-0.4, -0.2) is 48.4 Å². The number of ether oxygens (including phenoxy) is 1. The highest BCUT2D eigenvalue weighted by molar-refractivity contribution is 6.22. The van der Waals surface area contributed by atoms with Crippen molar-refractivity contribution in [1.82, 2.24) is 10.2 Å². The van der Waals surface area contributed by atoms with Crippen LogP contribution in [0.15, 0.2) is 40.1 Å². The first-order valence-corrected chi connectivity index (χ1v) is 10.4. The molecule has 0 saturated heterocycles. The number of halogens is 1. The summed E-state index contributed by atoms with van der Waals surface area (Å²) in [7, 11) is 1.70. The zero-order valence-corrected chi connectivity index (χ0v) is 17.3. The first-order valence-electron chi connectivity index (χ1n) is 9.92. The van der Waals surface area contributed by atoms with Crippen molar-refractivity contribution in [3.63, 3.8) is 0 Å². The van der Waals surface area contributed by atoms with Gasteiger partial charge in [0.15, 0.2) is 6.23 Å². The van der Waals surface area contributed by atoms with E-state index in [-0.39, 0.29) is 23.4 Å². The highest BCUT2D eigenvalue weighted by Crippen LogP contribution is 2.32. The number of hydrogen-bond donors (Lipinski definition) is 1. The van der Waals surface area contributed by atoms with Crippen molar-refractivity contribution in [2.75, 3.05) is 20.2 Å². The Kier molecular flexibility index (Phi) is 6.77. The third-order valence-corrected chi connectivity index (χ3v) is 5.86. The molecule has 0 saturated carbocycles. The van der Waals surface area contributed by atoms with Crippen molar-refractivity contribution >= 4 is 23.3 Å². The molecule has 0 aromatic carbocycles. The van der Waals surface area contributed by atoms with Gasteiger partial charge in [0.25, 0.3) is 0 Å². The lowest BCUT2D eigenvalue weighted by Crippen LogP contribution is -2.39. The molecule has 148 valence electrons. The van der Waals surface area contributed by atoms with E-state index in [0.29, 0.717) is 0 Å². The Morgan fingerprint density at radius 1 is 1.48 bits per heavy atom. The Morgan fingerprint density at radius 2 is 2.30 bits per heavy atom. The lowest BCUT2D eigenvalue weighted by molar-refractivity contribution is -0.129. The number of aliphatic imine (C=N–C) groups is 1. The van der Waals surface area contributed by atoms with Gasteiger partial charge in [-0.3, -0.25) is 4.79 Å². The molecular weight excluding hydrogens is 362 g/mol. The maximum Gasteiger partial charge on any atom is 0.219 e. The van der Waals surface area contributed by atoms with Gasteiger partial charge in [-0.15, -0.1) is 11.6 Å². The molecule has 0 aromatic heterocycles. The highest BCUT2D eigenvalue weighted by Gasteiger charge is 2.33. The summed E-state index contributed by atoms with van der Waals surface area (Å²) in [6.07, 6.45) is 10.8. The SMILES string of the molecule is CCCCC1CN(C(C)=O)CCC2=C1NC(C1=CCC(Cl)C=C1)=N[C@H]2OC. The second-order valence-electron chi connectivity index (χ2n) is 7.45. The van der Waals surface area contributed by atoms with Crippen LogP contribution in [0.5, 0.6) is 0 Å². The van der Waals surface area contributed by atoms with Crippen molar-refractivity contribution in [3.05, 3.63) is 35.1 Å². The topological polar surface area (TPSA) is 53.9 Å². The van der Waals surface area contributed by atoms with E-state index in [0.717, 1.165) is 56.6 Å². The summed E-state index contributed by atoms with van der Waals surface area (Å²) in [6.45, 7) is 5.34. The number of amidine groups is 1. The number of nitrogens with zero attached hydrogens (tertiary/aromatic N) is 2. The molecule has 2 heterocycles. The van der Waals surface area contributed by atoms with Crippen LogP contribution in [-0.2, 0) is 9.53 Å². The van der Waals surface area contributed by atoms with Crippen molar-refractivity contribution in [2.24, 2.45) is 10.9 Å². The highest BCUT2D eigenvalue weighted by atomic mass is 35.5. The molecule has 0 aromatic rings. The van der Waals surface area contributed by atoms with Gasteiger partial charge in [0.2, 0.25) is 5.91 Å². The maximum absolute atomic E-state index is 12.1. The first kappa shape index (κ1) is 20.2. The third-order valence-electron chi connectivity index (χ3n) is 5.54. The predicted octanol–water partition coefficient (Wildman–Crippen LogP) is 3.77. The molecule has 5 nitrogen and oxygen atoms in total. The third kappa shape index (κ3) is 4.64. The van der Waals surface area contributed by atoms with Gasteiger partial charge in [-0.25, -0.2) is 4.99 Å². The van der Waals surface area contributed by atoms with Gasteiger partial charge in [-0.2, -0.15) is 0 Å². The Balaban J connectivity index is 1.90. The Bertz CT molecular complexity index is 696. The minimum absolute atomic E-state index is 0.0465. The minimum Gasteiger partial charge on any atom is -0.356 e. The van der Waals surface area contributed by atoms with E-state index in [1.54, 1.807) is 14.0 Å². The lowest BCUT2D eigenvalue weighted by atomic mass is 9.92. The van der Waals surface area contributed by atoms with E-state index >= 15 is 0 Å². The van der Waals surface area contributed by atoms with Crippen LogP contribution in [0.3, 0.4) is 0 Å². The van der Waals surface area contributed by atoms with E-state index in [4.69, 9.17) is 21.3 Å². The second kappa shape index (κ2) is 9.07. The quantitative estimate of drug-likeness (QED) is 0.726. The van der Waals surface area contributed by atoms with E-state index in [1.165, 1.54) is 11.3 Å². The van der Waals surface area contributed by atoms with Crippen molar-refractivity contribution < 1.29 is 9.53 Å². The van der Waals surface area contributed by atoms with Crippen LogP contribution in [0, 0.1) is 5.92 Å². The Labute approximate surface area is 167 Å². The number of hydrogen-bond acceptors (Lipinski definition) is 4. The molecule has 1 aliphatic carbocycles. The van der Waals surface area contributed by atoms with Crippen LogP contribution in [0.25, 0.3) is 0 Å². The van der Waals surface area contributed by atoms with Gasteiger partial charge >= 0.3 is 0 Å². The molecule has 0 bridgehead atoms. The Morgan fingerprint density at radius 3 is 2.93 bits per heavy atom. The molecule has 2 aliphatic heterocycles. The van der Waals surface area contributed by atoms with Gasteiger partial charge in [0.1, 0.15) is 5.84 Å². The summed E-state index contributed by atoms with van der Waals surface area (Å²) in [5.74, 6) is 1.26. The van der Waals surface area contributed by atoms with Crippen LogP contribution in [0.4, 0.5) is 0 Å². The number of methoxy groups -OCH3 is 1. The monoisotopic (exact) mass is 391 g/mol. The number of nitrogens with one attached hydrogen (secondary N) is 1. The number of unbranched alkanes of at least 4 members (excludes halogenated alkanes) is 1. The fraction of sp³-hybridized carbons (Fsp3) is 0.619. The van der Waals surface area contributed by atoms with Gasteiger partial charge in [-0.1, -0.05) is 38.0 Å². The van der Waals surface area contributed by atoms with Gasteiger partial charge in [0, 0.05) is 49.9 Å². The number of allylic oxidation sites excluding steroid dienone is 2.